The number of nitrogens with zero attached hydrogens (tertiary/aromatic N) is 4. The third kappa shape index (κ3) is 6.97. The van der Waals surface area contributed by atoms with Crippen LogP contribution in [0.4, 0.5) is 4.79 Å². The second-order valence-electron chi connectivity index (χ2n) is 14.2. The van der Waals surface area contributed by atoms with E-state index in [9.17, 15) is 18.0 Å². The Hall–Kier alpha value is -6.47. The number of hydrogen-bond donors (Lipinski definition) is 3. The van der Waals surface area contributed by atoms with Crippen LogP contribution >= 0.6 is 0 Å². The summed E-state index contributed by atoms with van der Waals surface area (Å²) in [5, 5.41) is 4.87. The van der Waals surface area contributed by atoms with E-state index in [-0.39, 0.29) is 22.8 Å². The van der Waals surface area contributed by atoms with Gasteiger partial charge in [0.05, 0.1) is 47.5 Å². The van der Waals surface area contributed by atoms with Gasteiger partial charge < -0.3 is 24.9 Å². The number of hydrogen-bond acceptors (Lipinski definition) is 7. The highest BCUT2D eigenvalue weighted by molar-refractivity contribution is 7.90. The molecule has 1 unspecified atom stereocenters. The monoisotopic (exact) mass is 767 g/mol. The first-order valence-corrected chi connectivity index (χ1v) is 19.9. The molecule has 284 valence electrons. The van der Waals surface area contributed by atoms with Crippen LogP contribution in [0.3, 0.4) is 0 Å². The number of nitrogens with one attached hydrogen (secondary N) is 3. The number of likely N-dealkylation sites (tertiary alicyclic amines) is 1. The number of rotatable bonds is 10. The number of amides is 2. The van der Waals surface area contributed by atoms with Crippen LogP contribution in [0.25, 0.3) is 55.9 Å². The summed E-state index contributed by atoms with van der Waals surface area (Å²) in [6, 6.07) is 31.7. The van der Waals surface area contributed by atoms with Crippen LogP contribution in [0.2, 0.25) is 0 Å². The third-order valence-electron chi connectivity index (χ3n) is 10.4. The Morgan fingerprint density at radius 1 is 0.804 bits per heavy atom. The minimum absolute atomic E-state index is 0.107. The molecule has 1 fully saturated rings. The summed E-state index contributed by atoms with van der Waals surface area (Å²) in [5.41, 5.74) is 6.11. The number of ether oxygens (including phenoxy) is 1. The van der Waals surface area contributed by atoms with Crippen LogP contribution in [0.1, 0.15) is 38.6 Å². The summed E-state index contributed by atoms with van der Waals surface area (Å²) >= 11 is 0. The predicted octanol–water partition coefficient (Wildman–Crippen LogP) is 8.04. The summed E-state index contributed by atoms with van der Waals surface area (Å²) < 4.78 is 32.7. The van der Waals surface area contributed by atoms with Crippen molar-refractivity contribution in [3.05, 3.63) is 128 Å². The van der Waals surface area contributed by atoms with Gasteiger partial charge >= 0.3 is 6.09 Å². The Morgan fingerprint density at radius 2 is 1.46 bits per heavy atom. The van der Waals surface area contributed by atoms with Crippen molar-refractivity contribution in [2.45, 2.75) is 43.7 Å². The molecular formula is C43H41N7O5S. The molecule has 0 radical (unpaired) electrons. The highest BCUT2D eigenvalue weighted by Crippen LogP contribution is 2.34. The molecule has 4 aromatic carbocycles. The molecule has 0 bridgehead atoms. The minimum atomic E-state index is -3.79. The fourth-order valence-corrected chi connectivity index (χ4v) is 8.71. The highest BCUT2D eigenvalue weighted by Gasteiger charge is 2.37. The third-order valence-corrected chi connectivity index (χ3v) is 12.1. The summed E-state index contributed by atoms with van der Waals surface area (Å²) in [7, 11) is -2.50. The van der Waals surface area contributed by atoms with Gasteiger partial charge in [-0.05, 0) is 82.6 Å². The zero-order chi connectivity index (χ0) is 39.0. The molecule has 2 amide bonds. The number of imidazole rings is 2. The van der Waals surface area contributed by atoms with E-state index in [4.69, 9.17) is 9.72 Å². The van der Waals surface area contributed by atoms with E-state index in [0.29, 0.717) is 18.1 Å². The zero-order valence-electron chi connectivity index (χ0n) is 31.1. The van der Waals surface area contributed by atoms with Crippen LogP contribution in [-0.4, -0.2) is 68.9 Å². The molecule has 56 heavy (non-hydrogen) atoms. The van der Waals surface area contributed by atoms with Gasteiger partial charge in [-0.1, -0.05) is 80.6 Å². The van der Waals surface area contributed by atoms with E-state index in [2.05, 4.69) is 68.8 Å². The number of methoxy groups -OCH3 is 1. The maximum Gasteiger partial charge on any atom is 0.407 e. The van der Waals surface area contributed by atoms with E-state index in [0.717, 1.165) is 63.1 Å². The Bertz CT molecular complexity index is 2650. The smallest absolute Gasteiger partial charge is 0.407 e. The molecule has 0 spiro atoms. The van der Waals surface area contributed by atoms with Crippen molar-refractivity contribution in [2.24, 2.45) is 5.92 Å². The fraction of sp³-hybridized carbons (Fsp3) is 0.209. The zero-order valence-corrected chi connectivity index (χ0v) is 32.0. The lowest BCUT2D eigenvalue weighted by Gasteiger charge is -2.30. The molecule has 12 nitrogen and oxygen atoms in total. The molecule has 3 N–H and O–H groups in total. The molecule has 8 rings (SSSR count). The number of alkyl carbamates (subject to hydrolysis) is 1. The van der Waals surface area contributed by atoms with E-state index < -0.39 is 22.2 Å². The van der Waals surface area contributed by atoms with Crippen molar-refractivity contribution in [3.8, 4) is 45.2 Å². The number of benzene rings is 4. The lowest BCUT2D eigenvalue weighted by Crippen LogP contribution is -2.51. The lowest BCUT2D eigenvalue weighted by atomic mass is 9.98. The summed E-state index contributed by atoms with van der Waals surface area (Å²) in [5.74, 6) is 0.930. The van der Waals surface area contributed by atoms with Gasteiger partial charge in [0.25, 0.3) is 10.0 Å². The Morgan fingerprint density at radius 3 is 2.20 bits per heavy atom. The molecular weight excluding hydrogens is 727 g/mol. The molecule has 7 aromatic rings. The van der Waals surface area contributed by atoms with Crippen LogP contribution < -0.4 is 5.32 Å². The molecule has 1 aliphatic rings. The van der Waals surface area contributed by atoms with Gasteiger partial charge in [-0.3, -0.25) is 4.79 Å². The average Bonchev–Trinajstić information content (AvgIpc) is 4.06. The Balaban J connectivity index is 0.971. The van der Waals surface area contributed by atoms with Crippen LogP contribution in [-0.2, 0) is 19.6 Å². The molecule has 3 aromatic heterocycles. The van der Waals surface area contributed by atoms with Crippen molar-refractivity contribution in [2.75, 3.05) is 13.7 Å². The van der Waals surface area contributed by atoms with E-state index in [1.54, 1.807) is 48.7 Å². The SMILES string of the molecule is COC(=O)NC(C(=O)N1CCC[C@H]1c1ncc(-c2ccc3cc(-c4ccc(-c5cnc(-c6cccn6S(=O)(=O)c6ccccc6)[nH]5)cc4)ccc3c2)[nH]1)C(C)C. The van der Waals surface area contributed by atoms with E-state index in [1.807, 2.05) is 37.1 Å². The summed E-state index contributed by atoms with van der Waals surface area (Å²) in [6.07, 6.45) is 6.05. The van der Waals surface area contributed by atoms with Crippen molar-refractivity contribution in [1.82, 2.24) is 34.1 Å². The quantitative estimate of drug-likeness (QED) is 0.127. The summed E-state index contributed by atoms with van der Waals surface area (Å²) in [4.78, 5) is 43.5. The molecule has 13 heteroatoms. The maximum absolute atomic E-state index is 13.6. The van der Waals surface area contributed by atoms with Gasteiger partial charge in [0, 0.05) is 18.3 Å². The van der Waals surface area contributed by atoms with E-state index >= 15 is 0 Å². The number of fused-ring (bicyclic) bond motifs is 1. The molecule has 0 aliphatic carbocycles. The topological polar surface area (TPSA) is 155 Å². The van der Waals surface area contributed by atoms with Crippen LogP contribution in [0, 0.1) is 5.92 Å². The Kier molecular flexibility index (Phi) is 9.77. The van der Waals surface area contributed by atoms with Gasteiger partial charge in [0.15, 0.2) is 5.82 Å². The first kappa shape index (κ1) is 36.5. The number of H-pyrrole nitrogens is 2. The predicted molar refractivity (Wildman–Crippen MR) is 215 cm³/mol. The van der Waals surface area contributed by atoms with Gasteiger partial charge in [-0.2, -0.15) is 0 Å². The average molecular weight is 768 g/mol. The minimum Gasteiger partial charge on any atom is -0.453 e. The molecule has 2 atom stereocenters. The van der Waals surface area contributed by atoms with Crippen LogP contribution in [0.5, 0.6) is 0 Å². The maximum atomic E-state index is 13.6. The number of aromatic nitrogens is 5. The molecule has 4 heterocycles. The van der Waals surface area contributed by atoms with Crippen molar-refractivity contribution >= 4 is 32.8 Å². The number of carbonyl (C=O) groups is 2. The molecule has 0 saturated carbocycles. The molecule has 1 aliphatic heterocycles. The number of carbonyl (C=O) groups excluding carboxylic acids is 2. The second-order valence-corrected chi connectivity index (χ2v) is 16.1. The fourth-order valence-electron chi connectivity index (χ4n) is 7.34. The lowest BCUT2D eigenvalue weighted by molar-refractivity contribution is -0.135. The van der Waals surface area contributed by atoms with Gasteiger partial charge in [0.1, 0.15) is 11.9 Å². The van der Waals surface area contributed by atoms with Gasteiger partial charge in [-0.25, -0.2) is 27.2 Å². The molecule has 1 saturated heterocycles. The van der Waals surface area contributed by atoms with Crippen molar-refractivity contribution < 1.29 is 22.7 Å². The van der Waals surface area contributed by atoms with Gasteiger partial charge in [-0.15, -0.1) is 0 Å². The van der Waals surface area contributed by atoms with E-state index in [1.165, 1.54) is 17.3 Å². The first-order chi connectivity index (χ1) is 27.1. The highest BCUT2D eigenvalue weighted by atomic mass is 32.2. The largest absolute Gasteiger partial charge is 0.453 e. The normalized spacial score (nSPS) is 15.0. The summed E-state index contributed by atoms with van der Waals surface area (Å²) in [6.45, 7) is 4.40. The van der Waals surface area contributed by atoms with Crippen molar-refractivity contribution in [3.63, 3.8) is 0 Å². The van der Waals surface area contributed by atoms with Crippen molar-refractivity contribution in [1.29, 1.82) is 0 Å². The Labute approximate surface area is 324 Å². The first-order valence-electron chi connectivity index (χ1n) is 18.5. The second kappa shape index (κ2) is 15.0. The standard InChI is InChI=1S/C43H41N7O5S/c1-27(2)39(48-43(52)55-3)42(51)49-21-7-11-37(49)40-44-26-36(47-40)33-20-19-31-23-30(17-18-32(31)24-33)28-13-15-29(16-14-28)35-25-45-41(46-35)38-12-8-22-50(38)56(53,54)34-9-5-4-6-10-34/h4-6,8-10,12-20,22-27,37,39H,7,11,21H2,1-3H3,(H,44,47)(H,45,46)(H,48,52)/t37-,39?/m0/s1. The van der Waals surface area contributed by atoms with Gasteiger partial charge in [0.2, 0.25) is 5.91 Å². The number of aromatic amines is 2. The van der Waals surface area contributed by atoms with Crippen LogP contribution in [0.15, 0.2) is 127 Å².